The molecular formula is C17H16Cl2O3. The van der Waals surface area contributed by atoms with E-state index < -0.39 is 11.6 Å². The minimum atomic E-state index is -1.10. The molecule has 0 amide bonds. The zero-order chi connectivity index (χ0) is 16.2. The highest BCUT2D eigenvalue weighted by Crippen LogP contribution is 2.22. The van der Waals surface area contributed by atoms with Crippen molar-refractivity contribution in [2.75, 3.05) is 0 Å². The fraction of sp³-hybridized carbons (Fsp3) is 0.235. The molecule has 0 aliphatic rings. The molecule has 5 heteroatoms. The van der Waals surface area contributed by atoms with Gasteiger partial charge < -0.3 is 9.47 Å². The van der Waals surface area contributed by atoms with E-state index in [4.69, 9.17) is 32.7 Å². The Hall–Kier alpha value is -1.71. The van der Waals surface area contributed by atoms with Crippen molar-refractivity contribution in [2.45, 2.75) is 26.1 Å². The van der Waals surface area contributed by atoms with Gasteiger partial charge in [0, 0.05) is 10.0 Å². The van der Waals surface area contributed by atoms with Crippen LogP contribution in [0.2, 0.25) is 10.0 Å². The van der Waals surface area contributed by atoms with Crippen LogP contribution in [-0.4, -0.2) is 11.6 Å². The number of halogens is 2. The van der Waals surface area contributed by atoms with Crippen molar-refractivity contribution < 1.29 is 14.3 Å². The summed E-state index contributed by atoms with van der Waals surface area (Å²) in [5.74, 6) is 0.107. The zero-order valence-corrected chi connectivity index (χ0v) is 13.8. The normalized spacial score (nSPS) is 11.1. The van der Waals surface area contributed by atoms with Crippen molar-refractivity contribution in [1.29, 1.82) is 0 Å². The molecule has 116 valence electrons. The molecule has 0 spiro atoms. The van der Waals surface area contributed by atoms with Gasteiger partial charge in [-0.15, -0.1) is 0 Å². The Morgan fingerprint density at radius 1 is 0.955 bits per heavy atom. The van der Waals surface area contributed by atoms with Gasteiger partial charge >= 0.3 is 5.97 Å². The third-order valence-corrected chi connectivity index (χ3v) is 3.47. The Bertz CT molecular complexity index is 634. The second kappa shape index (κ2) is 7.03. The maximum absolute atomic E-state index is 12.2. The van der Waals surface area contributed by atoms with Crippen LogP contribution >= 0.6 is 23.2 Å². The van der Waals surface area contributed by atoms with Gasteiger partial charge in [0.15, 0.2) is 5.60 Å². The number of rotatable bonds is 5. The Kier molecular flexibility index (Phi) is 5.33. The first-order chi connectivity index (χ1) is 10.4. The van der Waals surface area contributed by atoms with E-state index in [2.05, 4.69) is 0 Å². The second-order valence-electron chi connectivity index (χ2n) is 5.27. The number of carbonyl (C=O) groups is 1. The van der Waals surface area contributed by atoms with E-state index in [-0.39, 0.29) is 6.61 Å². The van der Waals surface area contributed by atoms with Crippen LogP contribution in [0.5, 0.6) is 5.75 Å². The molecule has 0 heterocycles. The van der Waals surface area contributed by atoms with Crippen LogP contribution in [0.15, 0.2) is 48.5 Å². The largest absolute Gasteiger partial charge is 0.476 e. The Morgan fingerprint density at radius 3 is 2.00 bits per heavy atom. The lowest BCUT2D eigenvalue weighted by molar-refractivity contribution is -0.160. The summed E-state index contributed by atoms with van der Waals surface area (Å²) >= 11 is 11.6. The Morgan fingerprint density at radius 2 is 1.45 bits per heavy atom. The van der Waals surface area contributed by atoms with Crippen LogP contribution in [0.1, 0.15) is 19.4 Å². The molecule has 0 N–H and O–H groups in total. The van der Waals surface area contributed by atoms with Crippen molar-refractivity contribution in [3.63, 3.8) is 0 Å². The molecule has 0 aliphatic carbocycles. The van der Waals surface area contributed by atoms with Crippen molar-refractivity contribution in [1.82, 2.24) is 0 Å². The highest BCUT2D eigenvalue weighted by molar-refractivity contribution is 6.30. The molecule has 2 rings (SSSR count). The van der Waals surface area contributed by atoms with Gasteiger partial charge in [-0.1, -0.05) is 35.3 Å². The van der Waals surface area contributed by atoms with Gasteiger partial charge in [-0.3, -0.25) is 0 Å². The highest BCUT2D eigenvalue weighted by atomic mass is 35.5. The predicted octanol–water partition coefficient (Wildman–Crippen LogP) is 4.89. The van der Waals surface area contributed by atoms with Crippen LogP contribution in [0.3, 0.4) is 0 Å². The van der Waals surface area contributed by atoms with Crippen LogP contribution in [0.25, 0.3) is 0 Å². The summed E-state index contributed by atoms with van der Waals surface area (Å²) in [6, 6.07) is 13.9. The molecule has 0 aromatic heterocycles. The molecule has 0 atom stereocenters. The first-order valence-electron chi connectivity index (χ1n) is 6.73. The molecule has 0 bridgehead atoms. The van der Waals surface area contributed by atoms with Crippen molar-refractivity contribution in [2.24, 2.45) is 0 Å². The minimum Gasteiger partial charge on any atom is -0.476 e. The summed E-state index contributed by atoms with van der Waals surface area (Å²) in [7, 11) is 0. The molecule has 0 saturated carbocycles. The number of hydrogen-bond acceptors (Lipinski definition) is 3. The summed E-state index contributed by atoms with van der Waals surface area (Å²) in [6.45, 7) is 3.49. The molecular weight excluding hydrogens is 323 g/mol. The van der Waals surface area contributed by atoms with E-state index in [1.54, 1.807) is 50.2 Å². The van der Waals surface area contributed by atoms with Gasteiger partial charge in [-0.25, -0.2) is 4.79 Å². The minimum absolute atomic E-state index is 0.170. The second-order valence-corrected chi connectivity index (χ2v) is 6.14. The van der Waals surface area contributed by atoms with E-state index in [0.29, 0.717) is 15.8 Å². The maximum Gasteiger partial charge on any atom is 0.350 e. The average Bonchev–Trinajstić information content (AvgIpc) is 2.48. The number of carbonyl (C=O) groups excluding carboxylic acids is 1. The van der Waals surface area contributed by atoms with Crippen molar-refractivity contribution in [3.05, 3.63) is 64.1 Å². The number of hydrogen-bond donors (Lipinski definition) is 0. The zero-order valence-electron chi connectivity index (χ0n) is 12.3. The number of ether oxygens (including phenoxy) is 2. The van der Waals surface area contributed by atoms with Crippen molar-refractivity contribution >= 4 is 29.2 Å². The third-order valence-electron chi connectivity index (χ3n) is 2.96. The molecule has 22 heavy (non-hydrogen) atoms. The van der Waals surface area contributed by atoms with Crippen LogP contribution < -0.4 is 4.74 Å². The first kappa shape index (κ1) is 16.7. The lowest BCUT2D eigenvalue weighted by Gasteiger charge is -2.24. The molecule has 0 unspecified atom stereocenters. The summed E-state index contributed by atoms with van der Waals surface area (Å²) in [5.41, 5.74) is -0.236. The highest BCUT2D eigenvalue weighted by Gasteiger charge is 2.31. The first-order valence-corrected chi connectivity index (χ1v) is 7.49. The number of esters is 1. The standard InChI is InChI=1S/C17H16Cl2O3/c1-17(2,22-15-9-7-14(19)8-10-15)16(20)21-11-12-3-5-13(18)6-4-12/h3-10H,11H2,1-2H3. The lowest BCUT2D eigenvalue weighted by Crippen LogP contribution is -2.39. The lowest BCUT2D eigenvalue weighted by atomic mass is 10.1. The van der Waals surface area contributed by atoms with Gasteiger partial charge in [0.05, 0.1) is 0 Å². The van der Waals surface area contributed by atoms with E-state index in [1.165, 1.54) is 0 Å². The molecule has 0 fully saturated rings. The fourth-order valence-corrected chi connectivity index (χ4v) is 1.99. The Labute approximate surface area is 139 Å². The van der Waals surface area contributed by atoms with Crippen molar-refractivity contribution in [3.8, 4) is 5.75 Å². The quantitative estimate of drug-likeness (QED) is 0.727. The van der Waals surface area contributed by atoms with E-state index in [9.17, 15) is 4.79 Å². The molecule has 0 radical (unpaired) electrons. The predicted molar refractivity (Wildman–Crippen MR) is 87.4 cm³/mol. The van der Waals surface area contributed by atoms with E-state index in [0.717, 1.165) is 5.56 Å². The SMILES string of the molecule is CC(C)(Oc1ccc(Cl)cc1)C(=O)OCc1ccc(Cl)cc1. The molecule has 3 nitrogen and oxygen atoms in total. The van der Waals surface area contributed by atoms with Crippen LogP contribution in [0.4, 0.5) is 0 Å². The van der Waals surface area contributed by atoms with E-state index >= 15 is 0 Å². The van der Waals surface area contributed by atoms with Gasteiger partial charge in [0.25, 0.3) is 0 Å². The van der Waals surface area contributed by atoms with Crippen LogP contribution in [-0.2, 0) is 16.1 Å². The topological polar surface area (TPSA) is 35.5 Å². The summed E-state index contributed by atoms with van der Waals surface area (Å²) in [6.07, 6.45) is 0. The van der Waals surface area contributed by atoms with Gasteiger partial charge in [-0.05, 0) is 55.8 Å². The molecule has 0 saturated heterocycles. The molecule has 2 aromatic rings. The summed E-state index contributed by atoms with van der Waals surface area (Å²) < 4.78 is 11.0. The van der Waals surface area contributed by atoms with Crippen LogP contribution in [0, 0.1) is 0 Å². The molecule has 0 aliphatic heterocycles. The average molecular weight is 339 g/mol. The Balaban J connectivity index is 1.94. The fourth-order valence-electron chi connectivity index (χ4n) is 1.74. The smallest absolute Gasteiger partial charge is 0.350 e. The van der Waals surface area contributed by atoms with Gasteiger partial charge in [-0.2, -0.15) is 0 Å². The summed E-state index contributed by atoms with van der Waals surface area (Å²) in [4.78, 5) is 12.2. The third kappa shape index (κ3) is 4.65. The van der Waals surface area contributed by atoms with Gasteiger partial charge in [0.1, 0.15) is 12.4 Å². The summed E-state index contributed by atoms with van der Waals surface area (Å²) in [5, 5.41) is 1.25. The van der Waals surface area contributed by atoms with E-state index in [1.807, 2.05) is 12.1 Å². The maximum atomic E-state index is 12.2. The monoisotopic (exact) mass is 338 g/mol. The van der Waals surface area contributed by atoms with Gasteiger partial charge in [0.2, 0.25) is 0 Å². The number of benzene rings is 2. The molecule has 2 aromatic carbocycles.